The maximum Gasteiger partial charge on any atom is 0.310 e. The van der Waals surface area contributed by atoms with E-state index in [1.807, 2.05) is 6.07 Å². The van der Waals surface area contributed by atoms with Gasteiger partial charge in [-0.1, -0.05) is 58.4 Å². The zero-order valence-corrected chi connectivity index (χ0v) is 17.1. The number of hydrogen-bond acceptors (Lipinski definition) is 5. The smallest absolute Gasteiger partial charge is 0.310 e. The van der Waals surface area contributed by atoms with E-state index in [0.29, 0.717) is 11.1 Å². The lowest BCUT2D eigenvalue weighted by atomic mass is 9.44. The lowest BCUT2D eigenvalue weighted by Crippen LogP contribution is -2.80. The molecule has 4 unspecified atom stereocenters. The Bertz CT molecular complexity index is 1170. The summed E-state index contributed by atoms with van der Waals surface area (Å²) in [5, 5.41) is 21.8. The van der Waals surface area contributed by atoms with E-state index in [-0.39, 0.29) is 11.4 Å². The predicted molar refractivity (Wildman–Crippen MR) is 110 cm³/mol. The van der Waals surface area contributed by atoms with Crippen LogP contribution in [0.25, 0.3) is 0 Å². The maximum atomic E-state index is 13.5. The molecule has 0 spiro atoms. The lowest BCUT2D eigenvalue weighted by molar-refractivity contribution is -0.250. The van der Waals surface area contributed by atoms with Crippen LogP contribution in [0.2, 0.25) is 0 Å². The number of aliphatic carboxylic acids is 1. The van der Waals surface area contributed by atoms with E-state index in [0.717, 1.165) is 4.47 Å². The zero-order chi connectivity index (χ0) is 21.1. The van der Waals surface area contributed by atoms with E-state index >= 15 is 0 Å². The molecule has 30 heavy (non-hydrogen) atoms. The van der Waals surface area contributed by atoms with Gasteiger partial charge in [-0.3, -0.25) is 9.59 Å². The number of pyridine rings is 1. The van der Waals surface area contributed by atoms with E-state index in [4.69, 9.17) is 4.74 Å². The predicted octanol–water partition coefficient (Wildman–Crippen LogP) is 3.54. The van der Waals surface area contributed by atoms with Crippen molar-refractivity contribution in [2.24, 2.45) is 5.92 Å². The summed E-state index contributed by atoms with van der Waals surface area (Å²) in [4.78, 5) is 29.8. The average molecular weight is 466 g/mol. The fourth-order valence-corrected chi connectivity index (χ4v) is 5.13. The summed E-state index contributed by atoms with van der Waals surface area (Å²) in [6, 6.07) is 19.2. The third kappa shape index (κ3) is 2.24. The third-order valence-electron chi connectivity index (χ3n) is 6.09. The van der Waals surface area contributed by atoms with Gasteiger partial charge in [-0.2, -0.15) is 0 Å². The van der Waals surface area contributed by atoms with Gasteiger partial charge in [0.2, 0.25) is 5.78 Å². The molecule has 1 saturated carbocycles. The minimum absolute atomic E-state index is 0.0644. The first-order valence-corrected chi connectivity index (χ1v) is 10.2. The molecule has 5 rings (SSSR count). The van der Waals surface area contributed by atoms with Gasteiger partial charge in [0, 0.05) is 16.6 Å². The molecule has 0 radical (unpaired) electrons. The number of halogens is 1. The summed E-state index contributed by atoms with van der Waals surface area (Å²) in [6.07, 6.45) is 1.42. The highest BCUT2D eigenvalue weighted by Crippen LogP contribution is 2.67. The fraction of sp³-hybridized carbons (Fsp3) is 0.174. The molecular formula is C23H16BrNO5. The molecule has 6 nitrogen and oxygen atoms in total. The molecule has 1 fully saturated rings. The molecule has 150 valence electrons. The number of hydrogen-bond donors (Lipinski definition) is 2. The molecule has 0 bridgehead atoms. The number of ether oxygens (including phenoxy) is 1. The van der Waals surface area contributed by atoms with Gasteiger partial charge >= 0.3 is 5.97 Å². The van der Waals surface area contributed by atoms with Crippen molar-refractivity contribution >= 4 is 27.7 Å². The van der Waals surface area contributed by atoms with Crippen LogP contribution >= 0.6 is 15.9 Å². The van der Waals surface area contributed by atoms with Crippen molar-refractivity contribution < 1.29 is 24.5 Å². The number of aromatic nitrogens is 1. The Hall–Kier alpha value is -3.03. The maximum absolute atomic E-state index is 13.5. The summed E-state index contributed by atoms with van der Waals surface area (Å²) < 4.78 is 7.16. The molecule has 2 aliphatic rings. The number of carboxylic acids is 1. The highest BCUT2D eigenvalue weighted by atomic mass is 79.9. The number of rotatable bonds is 3. The molecule has 1 aromatic heterocycles. The Kier molecular flexibility index (Phi) is 4.10. The van der Waals surface area contributed by atoms with Gasteiger partial charge in [0.1, 0.15) is 11.7 Å². The quantitative estimate of drug-likeness (QED) is 0.613. The highest BCUT2D eigenvalue weighted by Gasteiger charge is 2.82. The van der Waals surface area contributed by atoms with Crippen molar-refractivity contribution in [3.8, 4) is 5.75 Å². The standard InChI is InChI=1S/C23H16BrNO5/c24-15-10-8-14(9-11-15)23-17(13-5-2-1-3-6-13)18(21(27)28)22(23,29)20(26)19-16(30-23)7-4-12-25-19/h1-12,17-18,29H,(H,27,28). The van der Waals surface area contributed by atoms with E-state index in [9.17, 15) is 19.8 Å². The van der Waals surface area contributed by atoms with Crippen LogP contribution in [0.4, 0.5) is 0 Å². The first kappa shape index (κ1) is 19.0. The molecule has 4 atom stereocenters. The van der Waals surface area contributed by atoms with Crippen LogP contribution in [-0.4, -0.2) is 32.6 Å². The van der Waals surface area contributed by atoms with Gasteiger partial charge in [-0.05, 0) is 35.4 Å². The average Bonchev–Trinajstić information content (AvgIpc) is 2.75. The van der Waals surface area contributed by atoms with Crippen molar-refractivity contribution in [3.05, 3.63) is 94.2 Å². The van der Waals surface area contributed by atoms with Gasteiger partial charge in [0.15, 0.2) is 16.9 Å². The topological polar surface area (TPSA) is 96.7 Å². The molecule has 3 aromatic rings. The van der Waals surface area contributed by atoms with E-state index in [2.05, 4.69) is 20.9 Å². The highest BCUT2D eigenvalue weighted by molar-refractivity contribution is 9.10. The van der Waals surface area contributed by atoms with Gasteiger partial charge in [0.05, 0.1) is 0 Å². The van der Waals surface area contributed by atoms with Crippen molar-refractivity contribution in [3.63, 3.8) is 0 Å². The Labute approximate surface area is 180 Å². The van der Waals surface area contributed by atoms with Crippen LogP contribution < -0.4 is 4.74 Å². The molecular weight excluding hydrogens is 450 g/mol. The molecule has 0 saturated heterocycles. The van der Waals surface area contributed by atoms with Crippen molar-refractivity contribution in [1.29, 1.82) is 0 Å². The minimum Gasteiger partial charge on any atom is -0.481 e. The molecule has 1 aliphatic heterocycles. The zero-order valence-electron chi connectivity index (χ0n) is 15.5. The Morgan fingerprint density at radius 1 is 1.03 bits per heavy atom. The van der Waals surface area contributed by atoms with Crippen LogP contribution in [0, 0.1) is 5.92 Å². The number of Topliss-reactive ketones (excluding diaryl/α,β-unsaturated/α-hetero) is 1. The van der Waals surface area contributed by atoms with Gasteiger partial charge < -0.3 is 14.9 Å². The van der Waals surface area contributed by atoms with Gasteiger partial charge in [-0.15, -0.1) is 0 Å². The van der Waals surface area contributed by atoms with E-state index < -0.39 is 34.8 Å². The fourth-order valence-electron chi connectivity index (χ4n) is 4.86. The Balaban J connectivity index is 1.83. The summed E-state index contributed by atoms with van der Waals surface area (Å²) in [5.74, 6) is -3.98. The summed E-state index contributed by atoms with van der Waals surface area (Å²) in [5.41, 5.74) is -2.80. The van der Waals surface area contributed by atoms with Crippen LogP contribution in [-0.2, 0) is 10.4 Å². The van der Waals surface area contributed by atoms with E-state index in [1.165, 1.54) is 6.20 Å². The number of fused-ring (bicyclic) bond motifs is 2. The second-order valence-electron chi connectivity index (χ2n) is 7.49. The number of aliphatic hydroxyl groups is 1. The number of benzene rings is 2. The largest absolute Gasteiger partial charge is 0.481 e. The molecule has 0 amide bonds. The Morgan fingerprint density at radius 2 is 1.73 bits per heavy atom. The molecule has 2 heterocycles. The van der Waals surface area contributed by atoms with Crippen LogP contribution in [0.15, 0.2) is 77.4 Å². The first-order chi connectivity index (χ1) is 14.4. The molecule has 7 heteroatoms. The van der Waals surface area contributed by atoms with Gasteiger partial charge in [0.25, 0.3) is 0 Å². The summed E-state index contributed by atoms with van der Waals surface area (Å²) in [6.45, 7) is 0. The minimum atomic E-state index is -2.31. The Morgan fingerprint density at radius 3 is 2.40 bits per heavy atom. The summed E-state index contributed by atoms with van der Waals surface area (Å²) in [7, 11) is 0. The number of carbonyl (C=O) groups is 2. The summed E-state index contributed by atoms with van der Waals surface area (Å²) >= 11 is 3.39. The second-order valence-corrected chi connectivity index (χ2v) is 8.41. The molecule has 2 N–H and O–H groups in total. The number of carbonyl (C=O) groups excluding carboxylic acids is 1. The molecule has 2 aromatic carbocycles. The van der Waals surface area contributed by atoms with Crippen LogP contribution in [0.5, 0.6) is 5.75 Å². The normalized spacial score (nSPS) is 29.2. The van der Waals surface area contributed by atoms with Crippen molar-refractivity contribution in [2.75, 3.05) is 0 Å². The molecule has 1 aliphatic carbocycles. The first-order valence-electron chi connectivity index (χ1n) is 9.36. The number of nitrogens with zero attached hydrogens (tertiary/aromatic N) is 1. The van der Waals surface area contributed by atoms with Crippen molar-refractivity contribution in [2.45, 2.75) is 17.1 Å². The second kappa shape index (κ2) is 6.48. The lowest BCUT2D eigenvalue weighted by Gasteiger charge is -2.64. The van der Waals surface area contributed by atoms with Crippen LogP contribution in [0.1, 0.15) is 27.5 Å². The number of ketones is 1. The van der Waals surface area contributed by atoms with Gasteiger partial charge in [-0.25, -0.2) is 4.98 Å². The monoisotopic (exact) mass is 465 g/mol. The van der Waals surface area contributed by atoms with E-state index in [1.54, 1.807) is 60.7 Å². The van der Waals surface area contributed by atoms with Crippen LogP contribution in [0.3, 0.4) is 0 Å². The third-order valence-corrected chi connectivity index (χ3v) is 6.62. The SMILES string of the molecule is O=C(O)C1C(c2ccccc2)C2(c3ccc(Br)cc3)Oc3cccnc3C(=O)C12O. The van der Waals surface area contributed by atoms with Crippen molar-refractivity contribution in [1.82, 2.24) is 4.98 Å². The number of carboxylic acid groups (broad SMARTS) is 1.